The lowest BCUT2D eigenvalue weighted by molar-refractivity contribution is 0.293. The summed E-state index contributed by atoms with van der Waals surface area (Å²) in [5, 5.41) is 0.219. The van der Waals surface area contributed by atoms with Crippen molar-refractivity contribution in [3.05, 3.63) is 34.9 Å². The number of aryl methyl sites for hydroxylation is 2. The Bertz CT molecular complexity index is 366. The number of halogens is 1. The summed E-state index contributed by atoms with van der Waals surface area (Å²) in [5.74, 6) is 0.883. The molecule has 0 aromatic heterocycles. The predicted molar refractivity (Wildman–Crippen MR) is 75.8 cm³/mol. The molecule has 0 radical (unpaired) electrons. The topological polar surface area (TPSA) is 0 Å². The van der Waals surface area contributed by atoms with Crippen molar-refractivity contribution in [1.82, 2.24) is 0 Å². The molecule has 1 atom stereocenters. The van der Waals surface area contributed by atoms with Crippen LogP contribution in [0.3, 0.4) is 0 Å². The van der Waals surface area contributed by atoms with Crippen LogP contribution >= 0.6 is 11.6 Å². The molecule has 0 aliphatic heterocycles. The summed E-state index contributed by atoms with van der Waals surface area (Å²) in [6.45, 7) is 4.45. The van der Waals surface area contributed by atoms with E-state index in [1.165, 1.54) is 36.0 Å². The van der Waals surface area contributed by atoms with Crippen LogP contribution in [-0.2, 0) is 12.8 Å². The van der Waals surface area contributed by atoms with Gasteiger partial charge in [-0.15, -0.1) is 11.6 Å². The summed E-state index contributed by atoms with van der Waals surface area (Å²) in [6, 6.07) is 6.83. The fourth-order valence-electron chi connectivity index (χ4n) is 2.67. The highest BCUT2D eigenvalue weighted by Crippen LogP contribution is 2.38. The predicted octanol–water partition coefficient (Wildman–Crippen LogP) is 5.28. The van der Waals surface area contributed by atoms with Gasteiger partial charge in [-0.1, -0.05) is 51.3 Å². The number of rotatable bonds is 5. The molecule has 0 amide bonds. The minimum Gasteiger partial charge on any atom is -0.118 e. The van der Waals surface area contributed by atoms with Crippen LogP contribution in [0.1, 0.15) is 61.6 Å². The van der Waals surface area contributed by atoms with Gasteiger partial charge in [-0.25, -0.2) is 0 Å². The molecule has 0 bridgehead atoms. The third-order valence-electron chi connectivity index (χ3n) is 4.12. The van der Waals surface area contributed by atoms with Gasteiger partial charge in [-0.3, -0.25) is 0 Å². The first kappa shape index (κ1) is 13.0. The highest BCUT2D eigenvalue weighted by molar-refractivity contribution is 6.20. The molecule has 94 valence electrons. The molecule has 1 unspecified atom stereocenters. The number of benzene rings is 1. The van der Waals surface area contributed by atoms with E-state index in [-0.39, 0.29) is 5.38 Å². The van der Waals surface area contributed by atoms with Crippen molar-refractivity contribution >= 4 is 11.6 Å². The smallest absolute Gasteiger partial charge is 0.0588 e. The first-order valence-electron chi connectivity index (χ1n) is 7.00. The third kappa shape index (κ3) is 3.04. The van der Waals surface area contributed by atoms with Gasteiger partial charge in [-0.05, 0) is 41.9 Å². The highest BCUT2D eigenvalue weighted by Gasteiger charge is 2.22. The zero-order chi connectivity index (χ0) is 12.3. The Hall–Kier alpha value is -0.490. The standard InChI is InChI=1S/C16H23Cl/c1-3-13-8-9-15(11-14(13)4-2)16(17)10-12-6-5-7-12/h8-9,11-12,16H,3-7,10H2,1-2H3. The average Bonchev–Trinajstić information content (AvgIpc) is 2.32. The van der Waals surface area contributed by atoms with E-state index in [1.807, 2.05) is 0 Å². The molecule has 1 fully saturated rings. The molecular formula is C16H23Cl. The van der Waals surface area contributed by atoms with Crippen LogP contribution in [0.5, 0.6) is 0 Å². The van der Waals surface area contributed by atoms with Crippen molar-refractivity contribution in [2.45, 2.75) is 57.7 Å². The molecule has 1 aliphatic rings. The Morgan fingerprint density at radius 2 is 1.88 bits per heavy atom. The van der Waals surface area contributed by atoms with Gasteiger partial charge < -0.3 is 0 Å². The van der Waals surface area contributed by atoms with Gasteiger partial charge in [0, 0.05) is 0 Å². The summed E-state index contributed by atoms with van der Waals surface area (Å²) in [4.78, 5) is 0. The van der Waals surface area contributed by atoms with E-state index in [1.54, 1.807) is 0 Å². The Labute approximate surface area is 110 Å². The normalized spacial score (nSPS) is 17.8. The molecule has 17 heavy (non-hydrogen) atoms. The lowest BCUT2D eigenvalue weighted by atomic mass is 9.81. The molecule has 0 heterocycles. The molecule has 2 rings (SSSR count). The highest BCUT2D eigenvalue weighted by atomic mass is 35.5. The number of hydrogen-bond acceptors (Lipinski definition) is 0. The van der Waals surface area contributed by atoms with Gasteiger partial charge in [0.15, 0.2) is 0 Å². The lowest BCUT2D eigenvalue weighted by Crippen LogP contribution is -2.13. The van der Waals surface area contributed by atoms with Crippen molar-refractivity contribution in [3.8, 4) is 0 Å². The van der Waals surface area contributed by atoms with Crippen molar-refractivity contribution < 1.29 is 0 Å². The Balaban J connectivity index is 2.08. The fourth-order valence-corrected chi connectivity index (χ4v) is 3.06. The van der Waals surface area contributed by atoms with E-state index in [4.69, 9.17) is 11.6 Å². The first-order valence-corrected chi connectivity index (χ1v) is 7.44. The van der Waals surface area contributed by atoms with E-state index >= 15 is 0 Å². The van der Waals surface area contributed by atoms with Gasteiger partial charge in [0.2, 0.25) is 0 Å². The zero-order valence-electron chi connectivity index (χ0n) is 11.0. The summed E-state index contributed by atoms with van der Waals surface area (Å²) < 4.78 is 0. The summed E-state index contributed by atoms with van der Waals surface area (Å²) in [7, 11) is 0. The Kier molecular flexibility index (Phi) is 4.50. The molecule has 0 nitrogen and oxygen atoms in total. The average molecular weight is 251 g/mol. The molecule has 1 aliphatic carbocycles. The maximum absolute atomic E-state index is 6.54. The van der Waals surface area contributed by atoms with Crippen LogP contribution in [0.2, 0.25) is 0 Å². The second-order valence-corrected chi connectivity index (χ2v) is 5.76. The van der Waals surface area contributed by atoms with E-state index in [2.05, 4.69) is 32.0 Å². The molecule has 0 saturated heterocycles. The van der Waals surface area contributed by atoms with Crippen LogP contribution < -0.4 is 0 Å². The van der Waals surface area contributed by atoms with Crippen LogP contribution in [0.25, 0.3) is 0 Å². The minimum atomic E-state index is 0.219. The molecule has 1 aromatic carbocycles. The van der Waals surface area contributed by atoms with Crippen molar-refractivity contribution in [2.24, 2.45) is 5.92 Å². The largest absolute Gasteiger partial charge is 0.118 e. The van der Waals surface area contributed by atoms with Crippen LogP contribution in [0.4, 0.5) is 0 Å². The van der Waals surface area contributed by atoms with Crippen molar-refractivity contribution in [2.75, 3.05) is 0 Å². The van der Waals surface area contributed by atoms with E-state index in [0.29, 0.717) is 0 Å². The van der Waals surface area contributed by atoms with Crippen molar-refractivity contribution in [3.63, 3.8) is 0 Å². The van der Waals surface area contributed by atoms with Crippen LogP contribution in [0.15, 0.2) is 18.2 Å². The van der Waals surface area contributed by atoms with E-state index in [9.17, 15) is 0 Å². The Morgan fingerprint density at radius 3 is 2.41 bits per heavy atom. The summed E-state index contributed by atoms with van der Waals surface area (Å²) in [5.41, 5.74) is 4.28. The molecule has 1 saturated carbocycles. The Morgan fingerprint density at radius 1 is 1.18 bits per heavy atom. The second kappa shape index (κ2) is 5.91. The van der Waals surface area contributed by atoms with Crippen LogP contribution in [-0.4, -0.2) is 0 Å². The minimum absolute atomic E-state index is 0.219. The monoisotopic (exact) mass is 250 g/mol. The quantitative estimate of drug-likeness (QED) is 0.624. The number of hydrogen-bond donors (Lipinski definition) is 0. The molecule has 0 N–H and O–H groups in total. The SMILES string of the molecule is CCc1ccc(C(Cl)CC2CCC2)cc1CC. The van der Waals surface area contributed by atoms with Gasteiger partial charge in [0.05, 0.1) is 5.38 Å². The third-order valence-corrected chi connectivity index (χ3v) is 4.55. The van der Waals surface area contributed by atoms with Gasteiger partial charge in [0.1, 0.15) is 0 Å². The summed E-state index contributed by atoms with van der Waals surface area (Å²) in [6.07, 6.45) is 7.58. The van der Waals surface area contributed by atoms with Crippen LogP contribution in [0, 0.1) is 5.92 Å². The molecule has 1 aromatic rings. The van der Waals surface area contributed by atoms with E-state index < -0.39 is 0 Å². The van der Waals surface area contributed by atoms with Gasteiger partial charge in [0.25, 0.3) is 0 Å². The molecular weight excluding hydrogens is 228 g/mol. The maximum Gasteiger partial charge on any atom is 0.0588 e. The van der Waals surface area contributed by atoms with Gasteiger partial charge >= 0.3 is 0 Å². The fraction of sp³-hybridized carbons (Fsp3) is 0.625. The van der Waals surface area contributed by atoms with E-state index in [0.717, 1.165) is 25.2 Å². The maximum atomic E-state index is 6.54. The molecule has 1 heteroatoms. The first-order chi connectivity index (χ1) is 8.24. The van der Waals surface area contributed by atoms with Crippen molar-refractivity contribution in [1.29, 1.82) is 0 Å². The molecule has 0 spiro atoms. The van der Waals surface area contributed by atoms with Gasteiger partial charge in [-0.2, -0.15) is 0 Å². The zero-order valence-corrected chi connectivity index (χ0v) is 11.8. The second-order valence-electron chi connectivity index (χ2n) is 5.24. The summed E-state index contributed by atoms with van der Waals surface area (Å²) >= 11 is 6.54. The number of alkyl halides is 1. The lowest BCUT2D eigenvalue weighted by Gasteiger charge is -2.27.